The van der Waals surface area contributed by atoms with Gasteiger partial charge in [0.25, 0.3) is 0 Å². The molecule has 0 aromatic rings. The van der Waals surface area contributed by atoms with E-state index in [9.17, 15) is 19.8 Å². The van der Waals surface area contributed by atoms with Crippen LogP contribution in [0.4, 0.5) is 4.79 Å². The van der Waals surface area contributed by atoms with Gasteiger partial charge >= 0.3 is 12.0 Å². The molecule has 3 N–H and O–H groups in total. The van der Waals surface area contributed by atoms with Crippen LogP contribution in [0.1, 0.15) is 39.5 Å². The van der Waals surface area contributed by atoms with Crippen LogP contribution in [0.15, 0.2) is 0 Å². The first kappa shape index (κ1) is 16.0. The number of aliphatic carboxylic acids is 1. The van der Waals surface area contributed by atoms with Gasteiger partial charge in [-0.15, -0.1) is 0 Å². The molecule has 2 aliphatic rings. The molecule has 0 radical (unpaired) electrons. The number of aliphatic hydroxyl groups is 1. The molecule has 2 fully saturated rings. The topological polar surface area (TPSA) is 99.1 Å². The Morgan fingerprint density at radius 3 is 2.48 bits per heavy atom. The highest BCUT2D eigenvalue weighted by Crippen LogP contribution is 2.30. The van der Waals surface area contributed by atoms with Gasteiger partial charge in [0.05, 0.1) is 31.4 Å². The Hall–Kier alpha value is -1.34. The molecular formula is C14H24N2O5. The summed E-state index contributed by atoms with van der Waals surface area (Å²) >= 11 is 0. The van der Waals surface area contributed by atoms with Crippen molar-refractivity contribution in [1.29, 1.82) is 0 Å². The van der Waals surface area contributed by atoms with Crippen molar-refractivity contribution in [3.8, 4) is 0 Å². The molecule has 1 aliphatic heterocycles. The lowest BCUT2D eigenvalue weighted by Gasteiger charge is -2.43. The van der Waals surface area contributed by atoms with Crippen molar-refractivity contribution < 1.29 is 24.5 Å². The third-order valence-electron chi connectivity index (χ3n) is 4.18. The monoisotopic (exact) mass is 300 g/mol. The lowest BCUT2D eigenvalue weighted by molar-refractivity contribution is -0.145. The fourth-order valence-electron chi connectivity index (χ4n) is 3.20. The van der Waals surface area contributed by atoms with E-state index < -0.39 is 29.2 Å². The van der Waals surface area contributed by atoms with Crippen LogP contribution in [0.5, 0.6) is 0 Å². The fraction of sp³-hybridized carbons (Fsp3) is 0.857. The molecular weight excluding hydrogens is 276 g/mol. The smallest absolute Gasteiger partial charge is 0.329 e. The summed E-state index contributed by atoms with van der Waals surface area (Å²) in [6, 6.07) is -0.394. The van der Waals surface area contributed by atoms with Crippen LogP contribution in [-0.4, -0.2) is 64.1 Å². The van der Waals surface area contributed by atoms with Crippen molar-refractivity contribution in [3.63, 3.8) is 0 Å². The summed E-state index contributed by atoms with van der Waals surface area (Å²) < 4.78 is 5.66. The van der Waals surface area contributed by atoms with Gasteiger partial charge in [-0.2, -0.15) is 0 Å². The van der Waals surface area contributed by atoms with Gasteiger partial charge in [-0.1, -0.05) is 12.8 Å². The number of amides is 2. The van der Waals surface area contributed by atoms with Crippen molar-refractivity contribution in [2.45, 2.75) is 56.8 Å². The lowest BCUT2D eigenvalue weighted by atomic mass is 9.98. The normalized spacial score (nSPS) is 27.4. The van der Waals surface area contributed by atoms with Gasteiger partial charge in [-0.25, -0.2) is 9.59 Å². The number of nitrogens with one attached hydrogen (secondary N) is 1. The van der Waals surface area contributed by atoms with Gasteiger partial charge in [0, 0.05) is 0 Å². The number of rotatable bonds is 3. The van der Waals surface area contributed by atoms with E-state index in [1.165, 1.54) is 4.90 Å². The van der Waals surface area contributed by atoms with E-state index in [1.807, 2.05) is 13.8 Å². The molecule has 1 saturated carbocycles. The Morgan fingerprint density at radius 2 is 1.95 bits per heavy atom. The molecule has 0 aromatic heterocycles. The number of ether oxygens (including phenoxy) is 1. The zero-order chi connectivity index (χ0) is 15.7. The van der Waals surface area contributed by atoms with Crippen LogP contribution in [0.2, 0.25) is 0 Å². The zero-order valence-corrected chi connectivity index (χ0v) is 12.6. The minimum Gasteiger partial charge on any atom is -0.480 e. The predicted octanol–water partition coefficient (Wildman–Crippen LogP) is 0.565. The molecule has 0 aromatic carbocycles. The van der Waals surface area contributed by atoms with Crippen LogP contribution in [0, 0.1) is 0 Å². The average Bonchev–Trinajstić information content (AvgIpc) is 2.86. The summed E-state index contributed by atoms with van der Waals surface area (Å²) in [4.78, 5) is 25.5. The third-order valence-corrected chi connectivity index (χ3v) is 4.18. The van der Waals surface area contributed by atoms with Gasteiger partial charge in [0.1, 0.15) is 5.54 Å². The highest BCUT2D eigenvalue weighted by molar-refractivity contribution is 5.86. The number of carbonyl (C=O) groups is 2. The first-order valence-electron chi connectivity index (χ1n) is 7.37. The number of carbonyl (C=O) groups excluding carboxylic acids is 1. The molecule has 1 heterocycles. The molecule has 0 spiro atoms. The van der Waals surface area contributed by atoms with Crippen molar-refractivity contribution in [2.24, 2.45) is 0 Å². The van der Waals surface area contributed by atoms with Crippen LogP contribution in [0.25, 0.3) is 0 Å². The summed E-state index contributed by atoms with van der Waals surface area (Å²) in [5.41, 5.74) is -1.71. The number of urea groups is 1. The molecule has 1 aliphatic carbocycles. The Balaban J connectivity index is 2.06. The highest BCUT2D eigenvalue weighted by atomic mass is 16.5. The molecule has 1 unspecified atom stereocenters. The first-order valence-corrected chi connectivity index (χ1v) is 7.37. The molecule has 2 rings (SSSR count). The van der Waals surface area contributed by atoms with Crippen LogP contribution >= 0.6 is 0 Å². The second kappa shape index (κ2) is 5.81. The van der Waals surface area contributed by atoms with Crippen molar-refractivity contribution in [2.75, 3.05) is 19.7 Å². The Bertz CT molecular complexity index is 418. The van der Waals surface area contributed by atoms with E-state index in [1.54, 1.807) is 0 Å². The standard InChI is InChI=1S/C14H24N2O5/c1-13(2)9-16(7-10(8-17)21-13)12(20)15-14(11(18)19)5-3-4-6-14/h10,17H,3-9H2,1-2H3,(H,15,20)(H,18,19). The van der Waals surface area contributed by atoms with E-state index in [2.05, 4.69) is 5.32 Å². The summed E-state index contributed by atoms with van der Waals surface area (Å²) in [5, 5.41) is 21.4. The number of carboxylic acid groups (broad SMARTS) is 1. The molecule has 21 heavy (non-hydrogen) atoms. The molecule has 7 heteroatoms. The summed E-state index contributed by atoms with van der Waals surface area (Å²) in [5.74, 6) is -0.973. The third kappa shape index (κ3) is 3.47. The van der Waals surface area contributed by atoms with Crippen molar-refractivity contribution >= 4 is 12.0 Å². The Labute approximate surface area is 124 Å². The SMILES string of the molecule is CC1(C)CN(C(=O)NC2(C(=O)O)CCCC2)CC(CO)O1. The molecule has 1 atom stereocenters. The van der Waals surface area contributed by atoms with Crippen LogP contribution in [-0.2, 0) is 9.53 Å². The van der Waals surface area contributed by atoms with Crippen molar-refractivity contribution in [1.82, 2.24) is 10.2 Å². The van der Waals surface area contributed by atoms with E-state index in [0.717, 1.165) is 12.8 Å². The number of nitrogens with zero attached hydrogens (tertiary/aromatic N) is 1. The lowest BCUT2D eigenvalue weighted by Crippen LogP contribution is -2.62. The Kier molecular flexibility index (Phi) is 4.43. The first-order chi connectivity index (χ1) is 9.78. The maximum absolute atomic E-state index is 12.4. The zero-order valence-electron chi connectivity index (χ0n) is 12.6. The molecule has 2 amide bonds. The van der Waals surface area contributed by atoms with E-state index in [0.29, 0.717) is 19.4 Å². The van der Waals surface area contributed by atoms with Gasteiger partial charge in [-0.05, 0) is 26.7 Å². The summed E-state index contributed by atoms with van der Waals surface area (Å²) in [6.07, 6.45) is 2.10. The average molecular weight is 300 g/mol. The summed E-state index contributed by atoms with van der Waals surface area (Å²) in [6.45, 7) is 4.15. The van der Waals surface area contributed by atoms with Crippen LogP contribution in [0.3, 0.4) is 0 Å². The molecule has 0 bridgehead atoms. The quantitative estimate of drug-likeness (QED) is 0.707. The minimum atomic E-state index is -1.14. The second-order valence-corrected chi connectivity index (χ2v) is 6.59. The highest BCUT2D eigenvalue weighted by Gasteiger charge is 2.44. The van der Waals surface area contributed by atoms with Crippen molar-refractivity contribution in [3.05, 3.63) is 0 Å². The second-order valence-electron chi connectivity index (χ2n) is 6.59. The fourth-order valence-corrected chi connectivity index (χ4v) is 3.20. The molecule has 1 saturated heterocycles. The predicted molar refractivity (Wildman–Crippen MR) is 75.0 cm³/mol. The maximum atomic E-state index is 12.4. The number of hydrogen-bond acceptors (Lipinski definition) is 4. The van der Waals surface area contributed by atoms with Gasteiger partial charge in [0.15, 0.2) is 0 Å². The van der Waals surface area contributed by atoms with Crippen LogP contribution < -0.4 is 5.32 Å². The van der Waals surface area contributed by atoms with E-state index in [-0.39, 0.29) is 13.2 Å². The maximum Gasteiger partial charge on any atom is 0.329 e. The molecule has 7 nitrogen and oxygen atoms in total. The van der Waals surface area contributed by atoms with E-state index >= 15 is 0 Å². The summed E-state index contributed by atoms with van der Waals surface area (Å²) in [7, 11) is 0. The number of hydrogen-bond donors (Lipinski definition) is 3. The number of morpholine rings is 1. The number of carboxylic acids is 1. The minimum absolute atomic E-state index is 0.169. The molecule has 120 valence electrons. The van der Waals surface area contributed by atoms with Gasteiger partial charge in [-0.3, -0.25) is 0 Å². The number of aliphatic hydroxyl groups excluding tert-OH is 1. The Morgan fingerprint density at radius 1 is 1.33 bits per heavy atom. The van der Waals surface area contributed by atoms with Gasteiger partial charge in [0.2, 0.25) is 0 Å². The largest absolute Gasteiger partial charge is 0.480 e. The van der Waals surface area contributed by atoms with E-state index in [4.69, 9.17) is 4.74 Å². The van der Waals surface area contributed by atoms with Gasteiger partial charge < -0.3 is 25.2 Å².